The van der Waals surface area contributed by atoms with Gasteiger partial charge in [-0.1, -0.05) is 0 Å². The number of aromatic amines is 1. The average Bonchev–Trinajstić information content (AvgIpc) is 2.72. The normalized spacial score (nSPS) is 17.2. The monoisotopic (exact) mass is 432 g/mol. The van der Waals surface area contributed by atoms with Crippen LogP contribution in [-0.2, 0) is 6.18 Å². The zero-order valence-corrected chi connectivity index (χ0v) is 16.5. The van der Waals surface area contributed by atoms with Crippen LogP contribution < -0.4 is 11.3 Å². The lowest BCUT2D eigenvalue weighted by atomic mass is 9.92. The van der Waals surface area contributed by atoms with Gasteiger partial charge in [0.25, 0.3) is 11.5 Å². The molecule has 0 aromatic carbocycles. The number of carbonyl (C=O) groups excluding carboxylic acids is 1. The summed E-state index contributed by atoms with van der Waals surface area (Å²) >= 11 is 0. The summed E-state index contributed by atoms with van der Waals surface area (Å²) in [5.41, 5.74) is 3.96. The predicted octanol–water partition coefficient (Wildman–Crippen LogP) is 2.64. The fourth-order valence-electron chi connectivity index (χ4n) is 3.87. The van der Waals surface area contributed by atoms with Gasteiger partial charge in [0.1, 0.15) is 11.6 Å². The molecule has 0 saturated carbocycles. The summed E-state index contributed by atoms with van der Waals surface area (Å²) < 4.78 is 41.2. The molecule has 1 aliphatic rings. The number of halogens is 3. The quantitative estimate of drug-likeness (QED) is 0.643. The number of fused-ring (bicyclic) bond motifs is 1. The average molecular weight is 432 g/mol. The van der Waals surface area contributed by atoms with E-state index in [9.17, 15) is 22.8 Å². The Morgan fingerprint density at radius 1 is 1.32 bits per heavy atom. The van der Waals surface area contributed by atoms with Gasteiger partial charge in [-0.3, -0.25) is 9.59 Å². The summed E-state index contributed by atoms with van der Waals surface area (Å²) in [4.78, 5) is 41.1. The second kappa shape index (κ2) is 7.64. The van der Waals surface area contributed by atoms with E-state index in [0.717, 1.165) is 6.07 Å². The van der Waals surface area contributed by atoms with Gasteiger partial charge in [-0.05, 0) is 38.0 Å². The maximum absolute atomic E-state index is 13.7. The summed E-state index contributed by atoms with van der Waals surface area (Å²) in [7, 11) is 0. The number of piperidine rings is 1. The number of pyridine rings is 2. The standard InChI is InChI=1S/C20H19F3N6O2/c1-10-26-17-15(18(30)27-10)13(20(21,22)23)8-14(28-17)11-4-3-7-29(9-11)19(31)12-5-2-6-25-16(12)24/h2,5-6,8,11H,3-4,7,9H2,1H3,(H2,24,25)(H,26,27,28,30)/t11-/m0/s1. The van der Waals surface area contributed by atoms with Crippen LogP contribution in [0.4, 0.5) is 19.0 Å². The molecule has 4 rings (SSSR count). The molecule has 1 atom stereocenters. The Bertz CT molecular complexity index is 1220. The van der Waals surface area contributed by atoms with Crippen LogP contribution in [0.3, 0.4) is 0 Å². The van der Waals surface area contributed by atoms with Crippen molar-refractivity contribution in [3.8, 4) is 0 Å². The first kappa shape index (κ1) is 20.8. The summed E-state index contributed by atoms with van der Waals surface area (Å²) in [5, 5.41) is -0.589. The van der Waals surface area contributed by atoms with Gasteiger partial charge < -0.3 is 15.6 Å². The van der Waals surface area contributed by atoms with Gasteiger partial charge in [0.05, 0.1) is 16.5 Å². The van der Waals surface area contributed by atoms with Crippen LogP contribution in [-0.4, -0.2) is 43.8 Å². The zero-order chi connectivity index (χ0) is 22.3. The molecular weight excluding hydrogens is 413 g/mol. The first-order valence-corrected chi connectivity index (χ1v) is 9.63. The minimum atomic E-state index is -4.76. The van der Waals surface area contributed by atoms with Crippen LogP contribution in [0.2, 0.25) is 0 Å². The Morgan fingerprint density at radius 3 is 2.81 bits per heavy atom. The van der Waals surface area contributed by atoms with Crippen LogP contribution in [0.1, 0.15) is 46.2 Å². The highest BCUT2D eigenvalue weighted by molar-refractivity contribution is 5.98. The highest BCUT2D eigenvalue weighted by Gasteiger charge is 2.37. The smallest absolute Gasteiger partial charge is 0.383 e. The van der Waals surface area contributed by atoms with Crippen molar-refractivity contribution in [3.63, 3.8) is 0 Å². The maximum atomic E-state index is 13.7. The van der Waals surface area contributed by atoms with Crippen LogP contribution in [0.25, 0.3) is 11.0 Å². The molecule has 0 bridgehead atoms. The number of alkyl halides is 3. The number of H-pyrrole nitrogens is 1. The number of nitrogens with one attached hydrogen (secondary N) is 1. The highest BCUT2D eigenvalue weighted by atomic mass is 19.4. The van der Waals surface area contributed by atoms with Crippen molar-refractivity contribution in [3.05, 3.63) is 57.4 Å². The summed E-state index contributed by atoms with van der Waals surface area (Å²) in [5.74, 6) is -0.514. The molecule has 4 heterocycles. The van der Waals surface area contributed by atoms with Gasteiger partial charge >= 0.3 is 6.18 Å². The molecule has 3 aromatic heterocycles. The van der Waals surface area contributed by atoms with Crippen LogP contribution in [0.5, 0.6) is 0 Å². The highest BCUT2D eigenvalue weighted by Crippen LogP contribution is 2.36. The third-order valence-electron chi connectivity index (χ3n) is 5.32. The molecular formula is C20H19F3N6O2. The Labute approximate surface area is 174 Å². The Kier molecular flexibility index (Phi) is 5.11. The van der Waals surface area contributed by atoms with E-state index < -0.39 is 28.6 Å². The number of nitrogens with two attached hydrogens (primary N) is 1. The number of hydrogen-bond acceptors (Lipinski definition) is 6. The van der Waals surface area contributed by atoms with Gasteiger partial charge in [-0.2, -0.15) is 13.2 Å². The van der Waals surface area contributed by atoms with Crippen LogP contribution >= 0.6 is 0 Å². The minimum absolute atomic E-state index is 0.0942. The number of anilines is 1. The molecule has 0 spiro atoms. The molecule has 11 heteroatoms. The third kappa shape index (κ3) is 3.94. The largest absolute Gasteiger partial charge is 0.417 e. The SMILES string of the molecule is Cc1nc2nc([C@H]3CCCN(C(=O)c4cccnc4N)C3)cc(C(F)(F)F)c2c(=O)[nH]1. The van der Waals surface area contributed by atoms with Crippen molar-refractivity contribution in [1.82, 2.24) is 24.8 Å². The van der Waals surface area contributed by atoms with E-state index >= 15 is 0 Å². The lowest BCUT2D eigenvalue weighted by molar-refractivity contribution is -0.136. The molecule has 162 valence electrons. The van der Waals surface area contributed by atoms with Gasteiger partial charge in [-0.25, -0.2) is 15.0 Å². The number of aryl methyl sites for hydroxylation is 1. The second-order valence-corrected chi connectivity index (χ2v) is 7.47. The van der Waals surface area contributed by atoms with Crippen molar-refractivity contribution in [2.45, 2.75) is 31.9 Å². The van der Waals surface area contributed by atoms with Gasteiger partial charge in [0.2, 0.25) is 0 Å². The van der Waals surface area contributed by atoms with Crippen molar-refractivity contribution in [2.24, 2.45) is 0 Å². The van der Waals surface area contributed by atoms with Crippen molar-refractivity contribution in [1.29, 1.82) is 0 Å². The molecule has 1 fully saturated rings. The number of nitrogen functional groups attached to an aromatic ring is 1. The molecule has 0 unspecified atom stereocenters. The minimum Gasteiger partial charge on any atom is -0.383 e. The van der Waals surface area contributed by atoms with E-state index in [2.05, 4.69) is 19.9 Å². The Balaban J connectivity index is 1.74. The molecule has 3 aromatic rings. The lowest BCUT2D eigenvalue weighted by Crippen LogP contribution is -2.39. The maximum Gasteiger partial charge on any atom is 0.417 e. The number of carbonyl (C=O) groups is 1. The number of likely N-dealkylation sites (tertiary alicyclic amines) is 1. The Morgan fingerprint density at radius 2 is 2.10 bits per heavy atom. The van der Waals surface area contributed by atoms with Crippen molar-refractivity contribution in [2.75, 3.05) is 18.8 Å². The molecule has 1 aliphatic heterocycles. The van der Waals surface area contributed by atoms with Gasteiger partial charge in [-0.15, -0.1) is 0 Å². The summed E-state index contributed by atoms with van der Waals surface area (Å²) in [6, 6.07) is 4.05. The second-order valence-electron chi connectivity index (χ2n) is 7.47. The first-order chi connectivity index (χ1) is 14.6. The first-order valence-electron chi connectivity index (χ1n) is 9.63. The molecule has 31 heavy (non-hydrogen) atoms. The van der Waals surface area contributed by atoms with E-state index in [4.69, 9.17) is 5.73 Å². The fraction of sp³-hybridized carbons (Fsp3) is 0.350. The molecule has 3 N–H and O–H groups in total. The fourth-order valence-corrected chi connectivity index (χ4v) is 3.87. The molecule has 1 amide bonds. The van der Waals surface area contributed by atoms with Crippen molar-refractivity contribution < 1.29 is 18.0 Å². The van der Waals surface area contributed by atoms with E-state index in [1.165, 1.54) is 18.0 Å². The zero-order valence-electron chi connectivity index (χ0n) is 16.5. The number of hydrogen-bond donors (Lipinski definition) is 2. The van der Waals surface area contributed by atoms with E-state index in [0.29, 0.717) is 19.4 Å². The van der Waals surface area contributed by atoms with E-state index in [1.54, 1.807) is 12.1 Å². The van der Waals surface area contributed by atoms with Gasteiger partial charge in [0, 0.05) is 30.9 Å². The number of amides is 1. The summed E-state index contributed by atoms with van der Waals surface area (Å²) in [6.45, 7) is 2.09. The lowest BCUT2D eigenvalue weighted by Gasteiger charge is -2.33. The number of aromatic nitrogens is 4. The number of rotatable bonds is 2. The van der Waals surface area contributed by atoms with E-state index in [-0.39, 0.29) is 41.0 Å². The third-order valence-corrected chi connectivity index (χ3v) is 5.32. The predicted molar refractivity (Wildman–Crippen MR) is 106 cm³/mol. The molecule has 0 radical (unpaired) electrons. The molecule has 0 aliphatic carbocycles. The molecule has 1 saturated heterocycles. The topological polar surface area (TPSA) is 118 Å². The van der Waals surface area contributed by atoms with E-state index in [1.807, 2.05) is 0 Å². The Hall–Kier alpha value is -3.50. The summed E-state index contributed by atoms with van der Waals surface area (Å²) in [6.07, 6.45) is -2.16. The van der Waals surface area contributed by atoms with Crippen LogP contribution in [0.15, 0.2) is 29.2 Å². The molecule has 8 nitrogen and oxygen atoms in total. The van der Waals surface area contributed by atoms with Crippen LogP contribution in [0, 0.1) is 6.92 Å². The van der Waals surface area contributed by atoms with Gasteiger partial charge in [0.15, 0.2) is 5.65 Å². The number of nitrogens with zero attached hydrogens (tertiary/aromatic N) is 4. The van der Waals surface area contributed by atoms with Crippen molar-refractivity contribution >= 4 is 22.8 Å².